The van der Waals surface area contributed by atoms with Gasteiger partial charge in [0.15, 0.2) is 5.82 Å². The first-order chi connectivity index (χ1) is 16.3. The van der Waals surface area contributed by atoms with Gasteiger partial charge in [-0.3, -0.25) is 9.59 Å². The molecule has 1 N–H and O–H groups in total. The molecule has 1 aromatic carbocycles. The van der Waals surface area contributed by atoms with E-state index in [0.29, 0.717) is 30.2 Å². The molecular formula is C25H31N5O4. The largest absolute Gasteiger partial charge is 0.469 e. The fraction of sp³-hybridized carbons (Fsp3) is 0.480. The Kier molecular flexibility index (Phi) is 6.81. The highest BCUT2D eigenvalue weighted by molar-refractivity contribution is 5.94. The molecule has 2 aromatic heterocycles. The first-order valence-corrected chi connectivity index (χ1v) is 11.6. The second-order valence-electron chi connectivity index (χ2n) is 9.14. The molecule has 180 valence electrons. The zero-order valence-electron chi connectivity index (χ0n) is 20.3. The van der Waals surface area contributed by atoms with Crippen molar-refractivity contribution < 1.29 is 18.8 Å². The van der Waals surface area contributed by atoms with Crippen LogP contribution in [0.4, 0.5) is 0 Å². The van der Waals surface area contributed by atoms with Gasteiger partial charge < -0.3 is 14.6 Å². The third-order valence-electron chi connectivity index (χ3n) is 6.24. The van der Waals surface area contributed by atoms with Gasteiger partial charge in [0.25, 0.3) is 5.91 Å². The van der Waals surface area contributed by atoms with Gasteiger partial charge in [0.1, 0.15) is 6.04 Å². The number of carbonyl (C=O) groups is 2. The van der Waals surface area contributed by atoms with E-state index in [-0.39, 0.29) is 23.8 Å². The molecule has 9 nitrogen and oxygen atoms in total. The molecule has 1 amide bonds. The number of ether oxygens (including phenoxy) is 1. The SMILES string of the molecule is COC(=O)CCc1c(C)nn(-c2ccc(C(=O)NC(c3nc(C4CC4)no3)C(C)C)cc2)c1C. The molecule has 1 unspecified atom stereocenters. The predicted molar refractivity (Wildman–Crippen MR) is 125 cm³/mol. The molecule has 1 atom stereocenters. The van der Waals surface area contributed by atoms with Crippen LogP contribution in [0.2, 0.25) is 0 Å². The van der Waals surface area contributed by atoms with Gasteiger partial charge in [-0.15, -0.1) is 0 Å². The lowest BCUT2D eigenvalue weighted by Crippen LogP contribution is -2.32. The minimum Gasteiger partial charge on any atom is -0.469 e. The molecule has 0 aliphatic heterocycles. The van der Waals surface area contributed by atoms with Gasteiger partial charge in [0.05, 0.1) is 18.5 Å². The summed E-state index contributed by atoms with van der Waals surface area (Å²) in [4.78, 5) is 29.0. The number of esters is 1. The number of hydrogen-bond donors (Lipinski definition) is 1. The van der Waals surface area contributed by atoms with Crippen molar-refractivity contribution in [2.24, 2.45) is 5.92 Å². The van der Waals surface area contributed by atoms with Crippen molar-refractivity contribution in [3.63, 3.8) is 0 Å². The Balaban J connectivity index is 1.47. The number of benzene rings is 1. The van der Waals surface area contributed by atoms with Crippen LogP contribution in [-0.2, 0) is 16.0 Å². The molecule has 2 heterocycles. The maximum Gasteiger partial charge on any atom is 0.305 e. The molecule has 3 aromatic rings. The lowest BCUT2D eigenvalue weighted by Gasteiger charge is -2.18. The minimum atomic E-state index is -0.361. The number of nitrogens with one attached hydrogen (secondary N) is 1. The smallest absolute Gasteiger partial charge is 0.305 e. The highest BCUT2D eigenvalue weighted by Gasteiger charge is 2.31. The number of carbonyl (C=O) groups excluding carboxylic acids is 2. The highest BCUT2D eigenvalue weighted by Crippen LogP contribution is 2.38. The number of amides is 1. The molecule has 0 saturated heterocycles. The fourth-order valence-electron chi connectivity index (χ4n) is 3.99. The Morgan fingerprint density at radius 2 is 1.91 bits per heavy atom. The normalized spacial score (nSPS) is 14.3. The van der Waals surface area contributed by atoms with Gasteiger partial charge in [0.2, 0.25) is 5.89 Å². The average molecular weight is 466 g/mol. The summed E-state index contributed by atoms with van der Waals surface area (Å²) < 4.78 is 12.0. The van der Waals surface area contributed by atoms with Crippen molar-refractivity contribution in [1.29, 1.82) is 0 Å². The van der Waals surface area contributed by atoms with Crippen molar-refractivity contribution in [2.45, 2.75) is 65.3 Å². The summed E-state index contributed by atoms with van der Waals surface area (Å²) in [6.07, 6.45) is 3.06. The van der Waals surface area contributed by atoms with Crippen LogP contribution in [-0.4, -0.2) is 38.9 Å². The molecular weight excluding hydrogens is 434 g/mol. The number of aromatic nitrogens is 4. The summed E-state index contributed by atoms with van der Waals surface area (Å²) in [5, 5.41) is 11.7. The van der Waals surface area contributed by atoms with E-state index < -0.39 is 0 Å². The molecule has 1 fully saturated rings. The van der Waals surface area contributed by atoms with E-state index in [4.69, 9.17) is 9.26 Å². The molecule has 0 spiro atoms. The van der Waals surface area contributed by atoms with Gasteiger partial charge in [-0.2, -0.15) is 10.1 Å². The van der Waals surface area contributed by atoms with E-state index >= 15 is 0 Å². The Bertz CT molecular complexity index is 1170. The van der Waals surface area contributed by atoms with Gasteiger partial charge in [-0.25, -0.2) is 4.68 Å². The van der Waals surface area contributed by atoms with E-state index in [1.807, 2.05) is 44.5 Å². The molecule has 1 aliphatic carbocycles. The summed E-state index contributed by atoms with van der Waals surface area (Å²) in [7, 11) is 1.39. The number of rotatable bonds is 9. The summed E-state index contributed by atoms with van der Waals surface area (Å²) in [6, 6.07) is 6.91. The van der Waals surface area contributed by atoms with E-state index in [2.05, 4.69) is 20.6 Å². The van der Waals surface area contributed by atoms with Crippen LogP contribution < -0.4 is 5.32 Å². The molecule has 1 saturated carbocycles. The molecule has 9 heteroatoms. The zero-order valence-corrected chi connectivity index (χ0v) is 20.3. The van der Waals surface area contributed by atoms with Crippen molar-refractivity contribution in [1.82, 2.24) is 25.2 Å². The summed E-state index contributed by atoms with van der Waals surface area (Å²) in [5.41, 5.74) is 4.23. The minimum absolute atomic E-state index is 0.0915. The van der Waals surface area contributed by atoms with Crippen molar-refractivity contribution >= 4 is 11.9 Å². The van der Waals surface area contributed by atoms with Crippen LogP contribution in [0.5, 0.6) is 0 Å². The van der Waals surface area contributed by atoms with Crippen LogP contribution >= 0.6 is 0 Å². The monoisotopic (exact) mass is 465 g/mol. The van der Waals surface area contributed by atoms with Gasteiger partial charge in [-0.1, -0.05) is 19.0 Å². The van der Waals surface area contributed by atoms with E-state index in [0.717, 1.165) is 41.3 Å². The number of hydrogen-bond acceptors (Lipinski definition) is 7. The van der Waals surface area contributed by atoms with Crippen LogP contribution in [0.3, 0.4) is 0 Å². The van der Waals surface area contributed by atoms with Gasteiger partial charge in [0, 0.05) is 23.6 Å². The Labute approximate surface area is 198 Å². The Hall–Kier alpha value is -3.49. The molecule has 0 bridgehead atoms. The summed E-state index contributed by atoms with van der Waals surface area (Å²) in [6.45, 7) is 7.92. The van der Waals surface area contributed by atoms with Crippen LogP contribution in [0, 0.1) is 19.8 Å². The van der Waals surface area contributed by atoms with Gasteiger partial charge >= 0.3 is 5.97 Å². The summed E-state index contributed by atoms with van der Waals surface area (Å²) >= 11 is 0. The second kappa shape index (κ2) is 9.79. The highest BCUT2D eigenvalue weighted by atomic mass is 16.5. The fourth-order valence-corrected chi connectivity index (χ4v) is 3.99. The second-order valence-corrected chi connectivity index (χ2v) is 9.14. The molecule has 1 aliphatic rings. The van der Waals surface area contributed by atoms with Crippen LogP contribution in [0.25, 0.3) is 5.69 Å². The van der Waals surface area contributed by atoms with Gasteiger partial charge in [-0.05, 0) is 68.9 Å². The number of methoxy groups -OCH3 is 1. The van der Waals surface area contributed by atoms with Crippen molar-refractivity contribution in [3.05, 3.63) is 58.5 Å². The topological polar surface area (TPSA) is 112 Å². The third-order valence-corrected chi connectivity index (χ3v) is 6.24. The van der Waals surface area contributed by atoms with Crippen molar-refractivity contribution in [3.8, 4) is 5.69 Å². The van der Waals surface area contributed by atoms with E-state index in [1.54, 1.807) is 12.1 Å². The first-order valence-electron chi connectivity index (χ1n) is 11.6. The lowest BCUT2D eigenvalue weighted by atomic mass is 10.0. The quantitative estimate of drug-likeness (QED) is 0.476. The summed E-state index contributed by atoms with van der Waals surface area (Å²) in [5.74, 6) is 1.21. The Morgan fingerprint density at radius 1 is 1.21 bits per heavy atom. The zero-order chi connectivity index (χ0) is 24.4. The van der Waals surface area contributed by atoms with Crippen molar-refractivity contribution in [2.75, 3.05) is 7.11 Å². The third kappa shape index (κ3) is 5.03. The number of nitrogens with zero attached hydrogens (tertiary/aromatic N) is 4. The maximum atomic E-state index is 13.0. The van der Waals surface area contributed by atoms with Crippen LogP contribution in [0.1, 0.15) is 84.1 Å². The van der Waals surface area contributed by atoms with E-state index in [1.165, 1.54) is 7.11 Å². The molecule has 34 heavy (non-hydrogen) atoms. The van der Waals surface area contributed by atoms with Crippen LogP contribution in [0.15, 0.2) is 28.8 Å². The molecule has 4 rings (SSSR count). The average Bonchev–Trinajstić information content (AvgIpc) is 3.49. The maximum absolute atomic E-state index is 13.0. The predicted octanol–water partition coefficient (Wildman–Crippen LogP) is 3.98. The molecule has 0 radical (unpaired) electrons. The Morgan fingerprint density at radius 3 is 2.53 bits per heavy atom. The lowest BCUT2D eigenvalue weighted by molar-refractivity contribution is -0.140. The number of aryl methyl sites for hydroxylation is 1. The van der Waals surface area contributed by atoms with E-state index in [9.17, 15) is 9.59 Å². The standard InChI is InChI=1S/C25H31N5O4/c1-14(2)22(25-27-23(29-34-25)17-6-7-17)26-24(32)18-8-10-19(11-9-18)30-16(4)20(15(3)28-30)12-13-21(31)33-5/h8-11,14,17,22H,6-7,12-13H2,1-5H3,(H,26,32). The first kappa shape index (κ1) is 23.7.